The normalized spacial score (nSPS) is 20.5. The molecule has 0 bridgehead atoms. The van der Waals surface area contributed by atoms with Crippen LogP contribution in [-0.4, -0.2) is 60.2 Å². The number of carbonyl (C=O) groups is 1. The first kappa shape index (κ1) is 17.6. The first-order chi connectivity index (χ1) is 12.8. The number of hydrogen-bond donors (Lipinski definition) is 1. The lowest BCUT2D eigenvalue weighted by molar-refractivity contribution is -0.125. The zero-order chi connectivity index (χ0) is 17.8. The van der Waals surface area contributed by atoms with Crippen LogP contribution in [0, 0.1) is 5.92 Å². The van der Waals surface area contributed by atoms with Gasteiger partial charge in [-0.1, -0.05) is 0 Å². The largest absolute Gasteiger partial charge is 0.379 e. The molecule has 0 spiro atoms. The zero-order valence-corrected chi connectivity index (χ0v) is 15.6. The van der Waals surface area contributed by atoms with Crippen LogP contribution in [-0.2, 0) is 22.4 Å². The van der Waals surface area contributed by atoms with Crippen LogP contribution >= 0.6 is 11.3 Å². The molecule has 3 heterocycles. The molecule has 2 aromatic rings. The second kappa shape index (κ2) is 8.24. The summed E-state index contributed by atoms with van der Waals surface area (Å²) in [6.45, 7) is 5.12. The van der Waals surface area contributed by atoms with Crippen LogP contribution < -0.4 is 5.32 Å². The zero-order valence-electron chi connectivity index (χ0n) is 14.8. The summed E-state index contributed by atoms with van der Waals surface area (Å²) >= 11 is 1.70. The molecule has 1 aliphatic carbocycles. The van der Waals surface area contributed by atoms with E-state index in [1.807, 2.05) is 18.3 Å². The van der Waals surface area contributed by atoms with Gasteiger partial charge in [-0.3, -0.25) is 14.7 Å². The maximum absolute atomic E-state index is 12.5. The minimum atomic E-state index is 0.0642. The van der Waals surface area contributed by atoms with E-state index >= 15 is 0 Å². The highest BCUT2D eigenvalue weighted by Crippen LogP contribution is 2.34. The van der Waals surface area contributed by atoms with Gasteiger partial charge in [0.2, 0.25) is 5.91 Å². The fourth-order valence-electron chi connectivity index (χ4n) is 3.52. The summed E-state index contributed by atoms with van der Waals surface area (Å²) in [5.41, 5.74) is 2.21. The molecule has 0 saturated carbocycles. The van der Waals surface area contributed by atoms with Gasteiger partial charge < -0.3 is 10.1 Å². The molecule has 26 heavy (non-hydrogen) atoms. The summed E-state index contributed by atoms with van der Waals surface area (Å²) < 4.78 is 5.35. The number of hydrogen-bond acceptors (Lipinski definition) is 6. The van der Waals surface area contributed by atoms with Gasteiger partial charge in [-0.2, -0.15) is 0 Å². The highest BCUT2D eigenvalue weighted by Gasteiger charge is 2.27. The topological polar surface area (TPSA) is 67.4 Å². The Bertz CT molecular complexity index is 743. The van der Waals surface area contributed by atoms with E-state index in [9.17, 15) is 4.79 Å². The fraction of sp³-hybridized carbons (Fsp3) is 0.526. The Balaban J connectivity index is 1.31. The number of aromatic nitrogens is 2. The number of thiazole rings is 1. The van der Waals surface area contributed by atoms with Gasteiger partial charge in [0.05, 0.1) is 18.9 Å². The van der Waals surface area contributed by atoms with E-state index in [1.54, 1.807) is 17.5 Å². The van der Waals surface area contributed by atoms with Crippen LogP contribution in [0.1, 0.15) is 17.0 Å². The van der Waals surface area contributed by atoms with Crippen molar-refractivity contribution in [2.24, 2.45) is 5.92 Å². The number of fused-ring (bicyclic) bond motifs is 1. The third-order valence-electron chi connectivity index (χ3n) is 5.05. The molecule has 1 aliphatic heterocycles. The molecule has 138 valence electrons. The number of ether oxygens (including phenoxy) is 1. The summed E-state index contributed by atoms with van der Waals surface area (Å²) in [6.07, 6.45) is 6.19. The molecule has 2 aromatic heterocycles. The Hall–Kier alpha value is -1.83. The fourth-order valence-corrected chi connectivity index (χ4v) is 4.70. The molecule has 6 nitrogen and oxygen atoms in total. The van der Waals surface area contributed by atoms with Crippen molar-refractivity contribution in [2.45, 2.75) is 19.3 Å². The quantitative estimate of drug-likeness (QED) is 0.866. The standard InChI is InChI=1S/C19H24N4O2S/c24-18(21-6-7-23-8-10-25-11-9-23)14-3-4-16-17(12-14)26-19(22-16)15-2-1-5-20-13-15/h1-2,5,13-14H,3-4,6-12H2,(H,21,24). The molecular formula is C19H24N4O2S. The van der Waals surface area contributed by atoms with Crippen LogP contribution in [0.3, 0.4) is 0 Å². The van der Waals surface area contributed by atoms with Gasteiger partial charge in [0.25, 0.3) is 0 Å². The van der Waals surface area contributed by atoms with Gasteiger partial charge >= 0.3 is 0 Å². The van der Waals surface area contributed by atoms with Crippen molar-refractivity contribution in [1.29, 1.82) is 0 Å². The van der Waals surface area contributed by atoms with Gasteiger partial charge in [0, 0.05) is 54.9 Å². The Morgan fingerprint density at radius 2 is 2.27 bits per heavy atom. The number of pyridine rings is 1. The van der Waals surface area contributed by atoms with Crippen molar-refractivity contribution in [3.05, 3.63) is 35.1 Å². The molecule has 1 fully saturated rings. The lowest BCUT2D eigenvalue weighted by Gasteiger charge is -2.27. The van der Waals surface area contributed by atoms with Gasteiger partial charge in [-0.25, -0.2) is 4.98 Å². The molecule has 1 amide bonds. The minimum Gasteiger partial charge on any atom is -0.379 e. The van der Waals surface area contributed by atoms with Crippen molar-refractivity contribution in [2.75, 3.05) is 39.4 Å². The second-order valence-electron chi connectivity index (χ2n) is 6.82. The van der Waals surface area contributed by atoms with Crippen molar-refractivity contribution >= 4 is 17.2 Å². The first-order valence-corrected chi connectivity index (χ1v) is 10.1. The van der Waals surface area contributed by atoms with E-state index in [4.69, 9.17) is 9.72 Å². The van der Waals surface area contributed by atoms with Gasteiger partial charge in [-0.05, 0) is 31.4 Å². The predicted molar refractivity (Wildman–Crippen MR) is 101 cm³/mol. The first-order valence-electron chi connectivity index (χ1n) is 9.26. The van der Waals surface area contributed by atoms with Gasteiger partial charge in [0.1, 0.15) is 5.01 Å². The van der Waals surface area contributed by atoms with Crippen molar-refractivity contribution in [3.63, 3.8) is 0 Å². The molecule has 0 radical (unpaired) electrons. The van der Waals surface area contributed by atoms with E-state index in [2.05, 4.69) is 15.2 Å². The monoisotopic (exact) mass is 372 g/mol. The Labute approximate surface area is 157 Å². The van der Waals surface area contributed by atoms with Crippen LogP contribution in [0.4, 0.5) is 0 Å². The van der Waals surface area contributed by atoms with E-state index in [0.29, 0.717) is 6.54 Å². The number of aryl methyl sites for hydroxylation is 1. The van der Waals surface area contributed by atoms with E-state index in [-0.39, 0.29) is 11.8 Å². The van der Waals surface area contributed by atoms with Gasteiger partial charge in [0.15, 0.2) is 0 Å². The number of nitrogens with one attached hydrogen (secondary N) is 1. The van der Waals surface area contributed by atoms with E-state index in [0.717, 1.165) is 68.4 Å². The number of nitrogens with zero attached hydrogens (tertiary/aromatic N) is 3. The highest BCUT2D eigenvalue weighted by atomic mass is 32.1. The summed E-state index contributed by atoms with van der Waals surface area (Å²) in [4.78, 5) is 25.1. The Kier molecular flexibility index (Phi) is 5.57. The average Bonchev–Trinajstić information content (AvgIpc) is 3.13. The van der Waals surface area contributed by atoms with Gasteiger partial charge in [-0.15, -0.1) is 11.3 Å². The molecule has 0 aromatic carbocycles. The lowest BCUT2D eigenvalue weighted by Crippen LogP contribution is -2.43. The third-order valence-corrected chi connectivity index (χ3v) is 6.22. The summed E-state index contributed by atoms with van der Waals surface area (Å²) in [6, 6.07) is 3.97. The third kappa shape index (κ3) is 4.11. The minimum absolute atomic E-state index is 0.0642. The number of carbonyl (C=O) groups excluding carboxylic acids is 1. The summed E-state index contributed by atoms with van der Waals surface area (Å²) in [7, 11) is 0. The molecule has 1 N–H and O–H groups in total. The van der Waals surface area contributed by atoms with Crippen LogP contribution in [0.15, 0.2) is 24.5 Å². The molecule has 1 atom stereocenters. The van der Waals surface area contributed by atoms with Crippen molar-refractivity contribution in [1.82, 2.24) is 20.2 Å². The number of rotatable bonds is 5. The lowest BCUT2D eigenvalue weighted by atomic mass is 9.90. The molecule has 7 heteroatoms. The van der Waals surface area contributed by atoms with Crippen LogP contribution in [0.25, 0.3) is 10.6 Å². The van der Waals surface area contributed by atoms with E-state index in [1.165, 1.54) is 4.88 Å². The highest BCUT2D eigenvalue weighted by molar-refractivity contribution is 7.15. The summed E-state index contributed by atoms with van der Waals surface area (Å²) in [5, 5.41) is 4.13. The second-order valence-corrected chi connectivity index (χ2v) is 7.90. The molecule has 1 unspecified atom stereocenters. The van der Waals surface area contributed by atoms with E-state index < -0.39 is 0 Å². The van der Waals surface area contributed by atoms with Crippen LogP contribution in [0.2, 0.25) is 0 Å². The SMILES string of the molecule is O=C(NCCN1CCOCC1)C1CCc2nc(-c3cccnc3)sc2C1. The number of morpholine rings is 1. The smallest absolute Gasteiger partial charge is 0.223 e. The van der Waals surface area contributed by atoms with Crippen LogP contribution in [0.5, 0.6) is 0 Å². The Morgan fingerprint density at radius 1 is 1.38 bits per heavy atom. The van der Waals surface area contributed by atoms with Crippen molar-refractivity contribution in [3.8, 4) is 10.6 Å². The predicted octanol–water partition coefficient (Wildman–Crippen LogP) is 1.76. The maximum Gasteiger partial charge on any atom is 0.223 e. The number of amides is 1. The maximum atomic E-state index is 12.5. The average molecular weight is 372 g/mol. The molecular weight excluding hydrogens is 348 g/mol. The molecule has 2 aliphatic rings. The van der Waals surface area contributed by atoms with Crippen molar-refractivity contribution < 1.29 is 9.53 Å². The Morgan fingerprint density at radius 3 is 3.08 bits per heavy atom. The molecule has 4 rings (SSSR count). The summed E-state index contributed by atoms with van der Waals surface area (Å²) in [5.74, 6) is 0.245. The molecule has 1 saturated heterocycles.